The molecule has 2 saturated heterocycles. The first kappa shape index (κ1) is 106. The van der Waals surface area contributed by atoms with Crippen molar-refractivity contribution in [3.63, 3.8) is 0 Å². The largest absolute Gasteiger partial charge is 0.457 e. The molecule has 2 fully saturated rings. The van der Waals surface area contributed by atoms with Crippen LogP contribution in [0.5, 0.6) is 11.5 Å². The number of nitrogens with one attached hydrogen (secondary N) is 3. The van der Waals surface area contributed by atoms with Crippen molar-refractivity contribution in [3.05, 3.63) is 267 Å². The second-order valence-electron chi connectivity index (χ2n) is 27.9. The van der Waals surface area contributed by atoms with Gasteiger partial charge in [-0.25, -0.2) is 61.6 Å². The number of hydrogen-bond donors (Lipinski definition) is 5. The van der Waals surface area contributed by atoms with Gasteiger partial charge < -0.3 is 50.8 Å². The standard InChI is InChI=1S/C17H12BrN3O2S2.C14H14BrNO6S.C12H10O.C10H7BrClNO2S.C10H8BrNO3S.C7H8BrNO2S.C7H6N2S.C6H8O4.Cl3OP/c1-25(22,23)17-7-11-13(4-5-19-14(11)8-12(17)18)21-10-2-3-16-15(6-10)20-9-24-16;1-14(2)21-12(17)9(13(18)22-14)7-16-8-4-5-11(10(15)6-8)23(3,19)20;1-3-7-11(8-4-1)13-12-9-5-2-6-10-12;1-16(14,15)10-4-6-8(12)2-3-13-9(6)5-7(10)11;1-16(14,15)10-4-6-8(5-7(10)11)12-3-2-9(6)13;1-12(10,11)7-3-2-5(9)4-6(7)8;8-5-1-2-7-6(3-5)9-4-10-7;1-6(2)9-4(7)3-5(8)10-6;1-5(2,3)4/h2-9H,1H3,(H,19,21);4-7,16H,1-3H3;1-10H;2-5H,1H3;2-5H,1H3,(H,12,13);2-4H,9H2,1H3;1-4H,8H2;3H2,1-2H3;. The van der Waals surface area contributed by atoms with E-state index in [-0.39, 0.29) is 41.9 Å². The molecule has 0 atom stereocenters. The number of esters is 4. The van der Waals surface area contributed by atoms with Crippen molar-refractivity contribution < 1.29 is 89.5 Å². The lowest BCUT2D eigenvalue weighted by atomic mass is 10.2. The highest BCUT2D eigenvalue weighted by Crippen LogP contribution is 2.61. The van der Waals surface area contributed by atoms with Crippen LogP contribution < -0.4 is 32.3 Å². The van der Waals surface area contributed by atoms with E-state index in [2.05, 4.69) is 158 Å². The molecule has 14 aromatic rings. The van der Waals surface area contributed by atoms with Crippen molar-refractivity contribution in [3.8, 4) is 11.5 Å². The predicted molar refractivity (Wildman–Crippen MR) is 528 cm³/mol. The Kier molecular flexibility index (Phi) is 37.3. The van der Waals surface area contributed by atoms with Gasteiger partial charge in [-0.2, -0.15) is 0 Å². The summed E-state index contributed by atoms with van der Waals surface area (Å²) in [4.78, 5) is 77.0. The molecule has 0 spiro atoms. The summed E-state index contributed by atoms with van der Waals surface area (Å²) in [7, 11) is -16.5. The number of nitrogens with zero attached hydrogens (tertiary/aromatic N) is 4. The summed E-state index contributed by atoms with van der Waals surface area (Å²) in [5, 5.41) is 5.08. The number of aromatic nitrogens is 5. The summed E-state index contributed by atoms with van der Waals surface area (Å²) >= 11 is 39.1. The first-order valence-electron chi connectivity index (χ1n) is 36.4. The Morgan fingerprint density at radius 1 is 0.462 bits per heavy atom. The number of anilines is 5. The van der Waals surface area contributed by atoms with E-state index in [1.165, 1.54) is 87.3 Å². The van der Waals surface area contributed by atoms with Gasteiger partial charge in [-0.05, 0) is 259 Å². The van der Waals surface area contributed by atoms with Gasteiger partial charge in [-0.3, -0.25) is 28.9 Å². The molecule has 7 heterocycles. The van der Waals surface area contributed by atoms with E-state index < -0.39 is 89.8 Å². The van der Waals surface area contributed by atoms with Crippen LogP contribution >= 0.6 is 153 Å². The van der Waals surface area contributed by atoms with Crippen molar-refractivity contribution in [1.82, 2.24) is 24.9 Å². The molecule has 2 aliphatic heterocycles. The highest BCUT2D eigenvalue weighted by atomic mass is 79.9. The third-order valence-corrected chi connectivity index (χ3v) is 28.7. The zero-order valence-corrected chi connectivity index (χ0v) is 86.4. The number of hydrogen-bond acceptors (Lipinski definition) is 31. The van der Waals surface area contributed by atoms with Crippen molar-refractivity contribution >= 4 is 307 Å². The van der Waals surface area contributed by atoms with E-state index in [4.69, 9.17) is 37.3 Å². The van der Waals surface area contributed by atoms with Crippen LogP contribution in [0.3, 0.4) is 0 Å². The number of halogens is 9. The first-order chi connectivity index (χ1) is 60.4. The number of thiazole rings is 2. The minimum atomic E-state index is -3.35. The summed E-state index contributed by atoms with van der Waals surface area (Å²) in [6.45, 7) is 5.94. The second-order valence-corrected chi connectivity index (χ2v) is 50.9. The number of ether oxygens (including phenoxy) is 5. The van der Waals surface area contributed by atoms with Crippen molar-refractivity contribution in [2.24, 2.45) is 0 Å². The fraction of sp³-hybridized carbons (Fsp3) is 0.145. The third-order valence-electron chi connectivity index (χ3n) is 16.4. The molecule has 130 heavy (non-hydrogen) atoms. The number of cyclic esters (lactones) is 4. The van der Waals surface area contributed by atoms with E-state index in [1.807, 2.05) is 114 Å². The molecule has 0 radical (unpaired) electrons. The molecule has 0 saturated carbocycles. The van der Waals surface area contributed by atoms with E-state index in [0.717, 1.165) is 80.9 Å². The topological polar surface area (TPSA) is 463 Å². The minimum Gasteiger partial charge on any atom is -0.457 e. The van der Waals surface area contributed by atoms with Gasteiger partial charge in [0.2, 0.25) is 0 Å². The molecule has 5 aromatic heterocycles. The third kappa shape index (κ3) is 33.0. The number of H-pyrrole nitrogens is 1. The Bertz CT molecular complexity index is 7300. The first-order valence-corrected chi connectivity index (χ1v) is 56.4. The van der Waals surface area contributed by atoms with Gasteiger partial charge in [0, 0.05) is 157 Å². The molecular weight excluding hydrogens is 2260 g/mol. The predicted octanol–water partition coefficient (Wildman–Crippen LogP) is 21.3. The summed E-state index contributed by atoms with van der Waals surface area (Å²) in [5.41, 5.74) is 21.5. The highest BCUT2D eigenvalue weighted by molar-refractivity contribution is 9.11. The number of nitrogen functional groups attached to an aromatic ring is 2. The Morgan fingerprint density at radius 2 is 0.869 bits per heavy atom. The van der Waals surface area contributed by atoms with Gasteiger partial charge >= 0.3 is 29.1 Å². The van der Waals surface area contributed by atoms with Crippen LogP contribution in [-0.4, -0.2) is 134 Å². The van der Waals surface area contributed by atoms with Crippen molar-refractivity contribution in [1.29, 1.82) is 0 Å². The number of rotatable bonds is 11. The van der Waals surface area contributed by atoms with Crippen LogP contribution in [-0.2, 0) is 91.9 Å². The number of carbonyl (C=O) groups excluding carboxylic acids is 4. The summed E-state index contributed by atoms with van der Waals surface area (Å²) < 4.78 is 154. The number of para-hydroxylation sites is 2. The molecule has 47 heteroatoms. The minimum absolute atomic E-state index is 0.122. The maximum Gasteiger partial charge on any atom is 0.350 e. The maximum atomic E-state index is 12.0. The normalized spacial score (nSPS) is 13.4. The Balaban J connectivity index is 0.000000185. The lowest BCUT2D eigenvalue weighted by molar-refractivity contribution is -0.231. The quantitative estimate of drug-likeness (QED) is 0.0200. The molecule has 16 rings (SSSR count). The molecular formula is C83H73Br5Cl4N9O21PS7. The molecule has 686 valence electrons. The summed E-state index contributed by atoms with van der Waals surface area (Å²) in [6, 6.07) is 54.6. The van der Waals surface area contributed by atoms with Crippen molar-refractivity contribution in [2.75, 3.05) is 53.4 Å². The number of nitrogens with two attached hydrogens (primary N) is 2. The summed E-state index contributed by atoms with van der Waals surface area (Å²) in [5.74, 6) is -3.29. The lowest BCUT2D eigenvalue weighted by Crippen LogP contribution is -2.42. The van der Waals surface area contributed by atoms with Crippen LogP contribution in [0.2, 0.25) is 5.02 Å². The maximum absolute atomic E-state index is 12.0. The average molecular weight is 2330 g/mol. The van der Waals surface area contributed by atoms with E-state index in [0.29, 0.717) is 66.1 Å². The number of pyridine rings is 3. The summed E-state index contributed by atoms with van der Waals surface area (Å²) in [6.07, 6.45) is 11.4. The lowest BCUT2D eigenvalue weighted by Gasteiger charge is -2.29. The smallest absolute Gasteiger partial charge is 0.350 e. The van der Waals surface area contributed by atoms with Gasteiger partial charge in [0.25, 0.3) is 11.6 Å². The van der Waals surface area contributed by atoms with Crippen LogP contribution in [0, 0.1) is 0 Å². The van der Waals surface area contributed by atoms with Crippen molar-refractivity contribution in [2.45, 2.75) is 70.2 Å². The number of carbonyl (C=O) groups is 4. The van der Waals surface area contributed by atoms with Crippen LogP contribution in [0.25, 0.3) is 53.1 Å². The fourth-order valence-electron chi connectivity index (χ4n) is 10.9. The van der Waals surface area contributed by atoms with Gasteiger partial charge in [-0.15, -0.1) is 22.7 Å². The van der Waals surface area contributed by atoms with Gasteiger partial charge in [0.1, 0.15) is 17.9 Å². The van der Waals surface area contributed by atoms with E-state index in [9.17, 15) is 70.6 Å². The van der Waals surface area contributed by atoms with Gasteiger partial charge in [-0.1, -0.05) is 48.0 Å². The number of sulfone groups is 5. The molecule has 7 N–H and O–H groups in total. The Morgan fingerprint density at radius 3 is 1.35 bits per heavy atom. The van der Waals surface area contributed by atoms with Crippen LogP contribution in [0.4, 0.5) is 28.4 Å². The molecule has 30 nitrogen and oxygen atoms in total. The van der Waals surface area contributed by atoms with Gasteiger partial charge in [0.15, 0.2) is 60.2 Å². The van der Waals surface area contributed by atoms with Gasteiger partial charge in [0.05, 0.1) is 77.5 Å². The van der Waals surface area contributed by atoms with Crippen LogP contribution in [0.1, 0.15) is 34.1 Å². The molecule has 0 aliphatic carbocycles. The van der Waals surface area contributed by atoms with E-state index >= 15 is 0 Å². The monoisotopic (exact) mass is 2320 g/mol. The second kappa shape index (κ2) is 45.6. The van der Waals surface area contributed by atoms with Crippen LogP contribution in [0.15, 0.2) is 281 Å². The molecule has 9 aromatic carbocycles. The molecule has 2 aliphatic rings. The SMILES string of the molecule is CC1(C)OC(=O)C(=CNc2ccc(S(C)(=O)=O)c(Br)c2)C(=O)O1.CC1(C)OC(=O)CC(=O)O1.CS(=O)(=O)c1cc2c(=O)cc[nH]c2cc1Br.CS(=O)(=O)c1cc2c(Cl)ccnc2cc1Br.CS(=O)(=O)c1cc2c(Nc3ccc4scnc4c3)ccnc2cc1Br.CS(=O)(=O)c1ccc(N)cc1Br.Nc1ccc2scnc2c1.O=P(Cl)(Cl)Cl.c1ccc(Oc2ccccc2)cc1. The Hall–Kier alpha value is -9.05. The molecule has 0 amide bonds. The fourth-order valence-corrected chi connectivity index (χ4v) is 22.3. The molecule has 0 bridgehead atoms. The zero-order valence-electron chi connectivity index (χ0n) is 68.8. The Labute approximate surface area is 815 Å². The number of benzene rings is 9. The zero-order chi connectivity index (χ0) is 96.4. The van der Waals surface area contributed by atoms with E-state index in [1.54, 1.807) is 77.5 Å². The molecule has 0 unspecified atom stereocenters. The average Bonchev–Trinajstić information content (AvgIpc) is 0.799. The number of aromatic amines is 1. The highest BCUT2D eigenvalue weighted by Gasteiger charge is 2.39. The number of fused-ring (bicyclic) bond motifs is 5.